The summed E-state index contributed by atoms with van der Waals surface area (Å²) >= 11 is 0. The molecule has 116 valence electrons. The van der Waals surface area contributed by atoms with E-state index in [1.807, 2.05) is 0 Å². The molecule has 5 heteroatoms. The molecule has 0 aliphatic heterocycles. The molecule has 5 nitrogen and oxygen atoms in total. The molecular weight excluding hydrogens is 256 g/mol. The molecule has 0 atom stereocenters. The second-order valence-corrected chi connectivity index (χ2v) is 6.64. The van der Waals surface area contributed by atoms with Gasteiger partial charge in [0.1, 0.15) is 0 Å². The summed E-state index contributed by atoms with van der Waals surface area (Å²) in [5.41, 5.74) is 0.194. The molecule has 2 aliphatic carbocycles. The summed E-state index contributed by atoms with van der Waals surface area (Å²) in [4.78, 5) is 11.9. The third-order valence-corrected chi connectivity index (χ3v) is 5.04. The number of aliphatic hydroxyl groups is 1. The average molecular weight is 284 g/mol. The van der Waals surface area contributed by atoms with Gasteiger partial charge in [0.05, 0.1) is 6.61 Å². The highest BCUT2D eigenvalue weighted by Crippen LogP contribution is 2.44. The maximum atomic E-state index is 11.9. The van der Waals surface area contributed by atoms with Gasteiger partial charge < -0.3 is 20.5 Å². The van der Waals surface area contributed by atoms with E-state index in [-0.39, 0.29) is 23.5 Å². The number of ether oxygens (including phenoxy) is 1. The Bertz CT molecular complexity index is 323. The van der Waals surface area contributed by atoms with E-state index in [2.05, 4.69) is 10.6 Å². The largest absolute Gasteiger partial charge is 0.396 e. The van der Waals surface area contributed by atoms with Crippen molar-refractivity contribution in [1.82, 2.24) is 10.6 Å². The van der Waals surface area contributed by atoms with Gasteiger partial charge >= 0.3 is 6.03 Å². The Balaban J connectivity index is 1.70. The fourth-order valence-corrected chi connectivity index (χ4v) is 3.12. The summed E-state index contributed by atoms with van der Waals surface area (Å²) in [6.45, 7) is 2.25. The monoisotopic (exact) mass is 284 g/mol. The fourth-order valence-electron chi connectivity index (χ4n) is 3.12. The second kappa shape index (κ2) is 6.76. The zero-order chi connectivity index (χ0) is 14.5. The van der Waals surface area contributed by atoms with Crippen molar-refractivity contribution in [3.8, 4) is 0 Å². The summed E-state index contributed by atoms with van der Waals surface area (Å²) in [6.07, 6.45) is 7.91. The van der Waals surface area contributed by atoms with Gasteiger partial charge in [0, 0.05) is 32.2 Å². The molecule has 2 fully saturated rings. The van der Waals surface area contributed by atoms with Crippen LogP contribution in [0.5, 0.6) is 0 Å². The fraction of sp³-hybridized carbons (Fsp3) is 0.933. The minimum atomic E-state index is -0.103. The maximum Gasteiger partial charge on any atom is 0.314 e. The van der Waals surface area contributed by atoms with E-state index in [1.54, 1.807) is 7.11 Å². The number of carbonyl (C=O) groups excluding carboxylic acids is 1. The highest BCUT2D eigenvalue weighted by molar-refractivity contribution is 5.73. The molecule has 2 aliphatic rings. The van der Waals surface area contributed by atoms with Gasteiger partial charge in [0.25, 0.3) is 0 Å². The van der Waals surface area contributed by atoms with Crippen LogP contribution in [0.1, 0.15) is 44.9 Å². The predicted molar refractivity (Wildman–Crippen MR) is 77.5 cm³/mol. The van der Waals surface area contributed by atoms with Gasteiger partial charge in [-0.05, 0) is 37.5 Å². The SMILES string of the molecule is COCCC1(CNC(=O)NCC2(CO)CC2)CCCC1. The van der Waals surface area contributed by atoms with Gasteiger partial charge in [-0.25, -0.2) is 4.79 Å². The number of nitrogens with one attached hydrogen (secondary N) is 2. The van der Waals surface area contributed by atoms with Crippen LogP contribution < -0.4 is 10.6 Å². The molecule has 0 saturated heterocycles. The predicted octanol–water partition coefficient (Wildman–Crippen LogP) is 1.65. The molecule has 2 amide bonds. The summed E-state index contributed by atoms with van der Waals surface area (Å²) < 4.78 is 5.19. The quantitative estimate of drug-likeness (QED) is 0.635. The minimum Gasteiger partial charge on any atom is -0.396 e. The summed E-state index contributed by atoms with van der Waals surface area (Å²) in [6, 6.07) is -0.103. The number of amides is 2. The molecule has 0 heterocycles. The maximum absolute atomic E-state index is 11.9. The van der Waals surface area contributed by atoms with E-state index in [4.69, 9.17) is 4.74 Å². The molecule has 3 N–H and O–H groups in total. The topological polar surface area (TPSA) is 70.6 Å². The van der Waals surface area contributed by atoms with Gasteiger partial charge in [-0.1, -0.05) is 12.8 Å². The van der Waals surface area contributed by atoms with Crippen LogP contribution >= 0.6 is 0 Å². The van der Waals surface area contributed by atoms with Crippen molar-refractivity contribution in [3.63, 3.8) is 0 Å². The average Bonchev–Trinajstić information content (AvgIpc) is 3.11. The number of hydrogen-bond acceptors (Lipinski definition) is 3. The first-order valence-corrected chi connectivity index (χ1v) is 7.75. The van der Waals surface area contributed by atoms with Crippen molar-refractivity contribution in [2.45, 2.75) is 44.9 Å². The van der Waals surface area contributed by atoms with Crippen LogP contribution in [0, 0.1) is 10.8 Å². The summed E-state index contributed by atoms with van der Waals surface area (Å²) in [5.74, 6) is 0. The highest BCUT2D eigenvalue weighted by atomic mass is 16.5. The first-order valence-electron chi connectivity index (χ1n) is 7.75. The zero-order valence-corrected chi connectivity index (χ0v) is 12.5. The number of aliphatic hydroxyl groups excluding tert-OH is 1. The van der Waals surface area contributed by atoms with Crippen LogP contribution in [0.15, 0.2) is 0 Å². The Labute approximate surface area is 121 Å². The van der Waals surface area contributed by atoms with Gasteiger partial charge in [-0.2, -0.15) is 0 Å². The molecule has 0 radical (unpaired) electrons. The Kier molecular flexibility index (Phi) is 5.27. The standard InChI is InChI=1S/C15H28N2O3/c1-20-9-8-14(4-2-3-5-14)10-16-13(19)17-11-15(12-18)6-7-15/h18H,2-12H2,1H3,(H2,16,17,19). The van der Waals surface area contributed by atoms with E-state index >= 15 is 0 Å². The molecule has 0 aromatic heterocycles. The summed E-state index contributed by atoms with van der Waals surface area (Å²) in [7, 11) is 1.73. The first-order chi connectivity index (χ1) is 9.64. The lowest BCUT2D eigenvalue weighted by Crippen LogP contribution is -2.44. The number of hydrogen-bond donors (Lipinski definition) is 3. The molecule has 0 bridgehead atoms. The van der Waals surface area contributed by atoms with E-state index < -0.39 is 0 Å². The Morgan fingerprint density at radius 1 is 1.10 bits per heavy atom. The Morgan fingerprint density at radius 3 is 2.20 bits per heavy atom. The molecule has 2 saturated carbocycles. The van der Waals surface area contributed by atoms with Gasteiger partial charge in [0.15, 0.2) is 0 Å². The summed E-state index contributed by atoms with van der Waals surface area (Å²) in [5, 5.41) is 15.1. The van der Waals surface area contributed by atoms with E-state index in [1.165, 1.54) is 25.7 Å². The van der Waals surface area contributed by atoms with Crippen molar-refractivity contribution in [1.29, 1.82) is 0 Å². The van der Waals surface area contributed by atoms with Crippen LogP contribution in [-0.2, 0) is 4.74 Å². The number of methoxy groups -OCH3 is 1. The molecule has 0 aromatic carbocycles. The van der Waals surface area contributed by atoms with Crippen LogP contribution in [0.25, 0.3) is 0 Å². The van der Waals surface area contributed by atoms with Crippen molar-refractivity contribution >= 4 is 6.03 Å². The molecule has 0 spiro atoms. The molecule has 0 aromatic rings. The Hall–Kier alpha value is -0.810. The van der Waals surface area contributed by atoms with Crippen LogP contribution in [0.4, 0.5) is 4.79 Å². The van der Waals surface area contributed by atoms with Crippen molar-refractivity contribution in [2.75, 3.05) is 33.4 Å². The third kappa shape index (κ3) is 4.09. The van der Waals surface area contributed by atoms with E-state index in [0.29, 0.717) is 6.54 Å². The van der Waals surface area contributed by atoms with Crippen molar-refractivity contribution in [2.24, 2.45) is 10.8 Å². The third-order valence-electron chi connectivity index (χ3n) is 5.04. The molecule has 0 unspecified atom stereocenters. The normalized spacial score (nSPS) is 22.5. The van der Waals surface area contributed by atoms with E-state index in [9.17, 15) is 9.90 Å². The highest BCUT2D eigenvalue weighted by Gasteiger charge is 2.42. The van der Waals surface area contributed by atoms with Gasteiger partial charge in [-0.3, -0.25) is 0 Å². The molecular formula is C15H28N2O3. The second-order valence-electron chi connectivity index (χ2n) is 6.64. The van der Waals surface area contributed by atoms with Crippen LogP contribution in [0.2, 0.25) is 0 Å². The van der Waals surface area contributed by atoms with Crippen molar-refractivity contribution < 1.29 is 14.6 Å². The van der Waals surface area contributed by atoms with Gasteiger partial charge in [0.2, 0.25) is 0 Å². The first kappa shape index (κ1) is 15.6. The van der Waals surface area contributed by atoms with Crippen molar-refractivity contribution in [3.05, 3.63) is 0 Å². The van der Waals surface area contributed by atoms with E-state index in [0.717, 1.165) is 32.4 Å². The molecule has 2 rings (SSSR count). The lowest BCUT2D eigenvalue weighted by atomic mass is 9.83. The van der Waals surface area contributed by atoms with Crippen LogP contribution in [0.3, 0.4) is 0 Å². The zero-order valence-electron chi connectivity index (χ0n) is 12.5. The Morgan fingerprint density at radius 2 is 1.70 bits per heavy atom. The molecule has 20 heavy (non-hydrogen) atoms. The number of urea groups is 1. The smallest absolute Gasteiger partial charge is 0.314 e. The lowest BCUT2D eigenvalue weighted by molar-refractivity contribution is 0.135. The number of rotatable bonds is 8. The van der Waals surface area contributed by atoms with Crippen LogP contribution in [-0.4, -0.2) is 44.6 Å². The lowest BCUT2D eigenvalue weighted by Gasteiger charge is -2.29. The minimum absolute atomic E-state index is 0.0293. The van der Waals surface area contributed by atoms with Gasteiger partial charge in [-0.15, -0.1) is 0 Å². The number of carbonyl (C=O) groups is 1.